The minimum Gasteiger partial charge on any atom is -0.481 e. The van der Waals surface area contributed by atoms with Crippen LogP contribution in [0.2, 0.25) is 0 Å². The number of hydrogen-bond donors (Lipinski definition) is 2. The highest BCUT2D eigenvalue weighted by Crippen LogP contribution is 2.44. The predicted octanol–water partition coefficient (Wildman–Crippen LogP) is 3.64. The zero-order valence-corrected chi connectivity index (χ0v) is 20.2. The first-order valence-electron chi connectivity index (χ1n) is 12.0. The van der Waals surface area contributed by atoms with Crippen molar-refractivity contribution >= 4 is 18.0 Å². The number of nitrogens with one attached hydrogen (secondary N) is 1. The van der Waals surface area contributed by atoms with E-state index in [0.29, 0.717) is 19.4 Å². The molecule has 0 aromatic heterocycles. The Kier molecular flexibility index (Phi) is 7.40. The molecule has 2 aromatic carbocycles. The monoisotopic (exact) mass is 480 g/mol. The molecule has 0 bridgehead atoms. The number of methoxy groups -OCH3 is 1. The molecule has 2 amide bonds. The molecule has 2 N–H and O–H groups in total. The summed E-state index contributed by atoms with van der Waals surface area (Å²) in [5.41, 5.74) is 3.49. The molecule has 8 nitrogen and oxygen atoms in total. The molecule has 0 radical (unpaired) electrons. The molecule has 35 heavy (non-hydrogen) atoms. The predicted molar refractivity (Wildman–Crippen MR) is 130 cm³/mol. The number of carboxylic acids is 1. The van der Waals surface area contributed by atoms with Gasteiger partial charge < -0.3 is 24.8 Å². The number of piperidine rings is 1. The Morgan fingerprint density at radius 2 is 1.74 bits per heavy atom. The maximum atomic E-state index is 13.2. The molecule has 0 saturated carbocycles. The number of nitrogens with zero attached hydrogens (tertiary/aromatic N) is 1. The van der Waals surface area contributed by atoms with Crippen molar-refractivity contribution in [3.63, 3.8) is 0 Å². The normalized spacial score (nSPS) is 20.0. The average molecular weight is 481 g/mol. The van der Waals surface area contributed by atoms with Crippen molar-refractivity contribution in [1.29, 1.82) is 0 Å². The Bertz CT molecular complexity index is 1060. The van der Waals surface area contributed by atoms with Crippen molar-refractivity contribution in [2.24, 2.45) is 5.41 Å². The molecule has 1 aliphatic heterocycles. The van der Waals surface area contributed by atoms with Gasteiger partial charge in [0, 0.05) is 39.1 Å². The fourth-order valence-corrected chi connectivity index (χ4v) is 5.10. The van der Waals surface area contributed by atoms with Crippen LogP contribution in [-0.2, 0) is 19.1 Å². The second-order valence-electron chi connectivity index (χ2n) is 9.53. The number of carboxylic acid groups (broad SMARTS) is 1. The number of fused-ring (bicyclic) bond motifs is 3. The van der Waals surface area contributed by atoms with Gasteiger partial charge in [-0.3, -0.25) is 9.59 Å². The molecule has 2 unspecified atom stereocenters. The number of likely N-dealkylation sites (tertiary alicyclic amines) is 1. The number of rotatable bonds is 8. The van der Waals surface area contributed by atoms with Crippen LogP contribution in [0.25, 0.3) is 11.1 Å². The van der Waals surface area contributed by atoms with E-state index in [1.54, 1.807) is 6.92 Å². The summed E-state index contributed by atoms with van der Waals surface area (Å²) in [7, 11) is 1.53. The standard InChI is InChI=1S/C27H32N2O6/c1-27(25(31)32)13-7-14-29(17-27)24(30)23(12-15-34-2)28-26(33)35-16-22-20-10-5-3-8-18(20)19-9-4-6-11-21(19)22/h3-6,8-11,22-23H,7,12-17H2,1-2H3,(H,28,33)(H,31,32). The third kappa shape index (κ3) is 5.17. The van der Waals surface area contributed by atoms with Gasteiger partial charge in [0.05, 0.1) is 5.41 Å². The summed E-state index contributed by atoms with van der Waals surface area (Å²) >= 11 is 0. The van der Waals surface area contributed by atoms with Crippen LogP contribution in [0, 0.1) is 5.41 Å². The number of amides is 2. The van der Waals surface area contributed by atoms with E-state index < -0.39 is 23.5 Å². The molecule has 1 fully saturated rings. The number of aliphatic carboxylic acids is 1. The van der Waals surface area contributed by atoms with E-state index in [2.05, 4.69) is 17.4 Å². The second-order valence-corrected chi connectivity index (χ2v) is 9.53. The quantitative estimate of drug-likeness (QED) is 0.598. The highest BCUT2D eigenvalue weighted by atomic mass is 16.5. The number of benzene rings is 2. The lowest BCUT2D eigenvalue weighted by Crippen LogP contribution is -2.55. The molecule has 1 saturated heterocycles. The highest BCUT2D eigenvalue weighted by Gasteiger charge is 2.41. The van der Waals surface area contributed by atoms with Crippen molar-refractivity contribution in [1.82, 2.24) is 10.2 Å². The minimum atomic E-state index is -0.997. The lowest BCUT2D eigenvalue weighted by molar-refractivity contribution is -0.154. The summed E-state index contributed by atoms with van der Waals surface area (Å²) in [6.07, 6.45) is 0.685. The van der Waals surface area contributed by atoms with Crippen molar-refractivity contribution < 1.29 is 29.0 Å². The first kappa shape index (κ1) is 24.7. The average Bonchev–Trinajstić information content (AvgIpc) is 3.18. The molecule has 4 rings (SSSR count). The van der Waals surface area contributed by atoms with E-state index in [9.17, 15) is 19.5 Å². The van der Waals surface area contributed by atoms with Gasteiger partial charge in [-0.25, -0.2) is 4.79 Å². The van der Waals surface area contributed by atoms with Crippen molar-refractivity contribution in [3.8, 4) is 11.1 Å². The number of hydrogen-bond acceptors (Lipinski definition) is 5. The third-order valence-electron chi connectivity index (χ3n) is 7.07. The Hall–Kier alpha value is -3.39. The Labute approximate surface area is 205 Å². The van der Waals surface area contributed by atoms with Crippen molar-refractivity contribution in [2.75, 3.05) is 33.4 Å². The van der Waals surface area contributed by atoms with Gasteiger partial charge in [-0.1, -0.05) is 48.5 Å². The van der Waals surface area contributed by atoms with Gasteiger partial charge in [0.15, 0.2) is 0 Å². The van der Waals surface area contributed by atoms with Crippen LogP contribution < -0.4 is 5.32 Å². The molecule has 2 aromatic rings. The number of alkyl carbamates (subject to hydrolysis) is 1. The topological polar surface area (TPSA) is 105 Å². The summed E-state index contributed by atoms with van der Waals surface area (Å²) in [5, 5.41) is 12.3. The number of carbonyl (C=O) groups excluding carboxylic acids is 2. The van der Waals surface area contributed by atoms with E-state index >= 15 is 0 Å². The van der Waals surface area contributed by atoms with E-state index in [1.165, 1.54) is 12.0 Å². The SMILES string of the molecule is COCCC(NC(=O)OCC1c2ccccc2-c2ccccc21)C(=O)N1CCCC(C)(C(=O)O)C1. The number of ether oxygens (including phenoxy) is 2. The third-order valence-corrected chi connectivity index (χ3v) is 7.07. The van der Waals surface area contributed by atoms with Gasteiger partial charge in [0.2, 0.25) is 5.91 Å². The van der Waals surface area contributed by atoms with Crippen molar-refractivity contribution in [3.05, 3.63) is 59.7 Å². The van der Waals surface area contributed by atoms with Crippen LogP contribution in [0.5, 0.6) is 0 Å². The van der Waals surface area contributed by atoms with Crippen LogP contribution in [0.3, 0.4) is 0 Å². The summed E-state index contributed by atoms with van der Waals surface area (Å²) in [6, 6.07) is 15.3. The first-order valence-corrected chi connectivity index (χ1v) is 12.0. The summed E-state index contributed by atoms with van der Waals surface area (Å²) in [5.74, 6) is -1.32. The van der Waals surface area contributed by atoms with Gasteiger partial charge in [0.25, 0.3) is 0 Å². The van der Waals surface area contributed by atoms with E-state index in [-0.39, 0.29) is 38.0 Å². The summed E-state index contributed by atoms with van der Waals surface area (Å²) in [4.78, 5) is 39.3. The Morgan fingerprint density at radius 1 is 1.11 bits per heavy atom. The van der Waals surface area contributed by atoms with Crippen LogP contribution in [0.15, 0.2) is 48.5 Å². The molecular formula is C27H32N2O6. The molecule has 1 aliphatic carbocycles. The minimum absolute atomic E-state index is 0.0837. The maximum absolute atomic E-state index is 13.2. The summed E-state index contributed by atoms with van der Waals surface area (Å²) in [6.45, 7) is 2.63. The van der Waals surface area contributed by atoms with Crippen LogP contribution >= 0.6 is 0 Å². The van der Waals surface area contributed by atoms with Crippen LogP contribution in [0.4, 0.5) is 4.79 Å². The van der Waals surface area contributed by atoms with Gasteiger partial charge >= 0.3 is 12.1 Å². The fourth-order valence-electron chi connectivity index (χ4n) is 5.10. The van der Waals surface area contributed by atoms with E-state index in [4.69, 9.17) is 9.47 Å². The zero-order valence-electron chi connectivity index (χ0n) is 20.2. The lowest BCUT2D eigenvalue weighted by Gasteiger charge is -2.39. The lowest BCUT2D eigenvalue weighted by atomic mass is 9.82. The fraction of sp³-hybridized carbons (Fsp3) is 0.444. The van der Waals surface area contributed by atoms with Crippen LogP contribution in [0.1, 0.15) is 43.2 Å². The molecule has 2 aliphatic rings. The zero-order chi connectivity index (χ0) is 25.0. The Morgan fingerprint density at radius 3 is 2.34 bits per heavy atom. The molecule has 186 valence electrons. The van der Waals surface area contributed by atoms with Crippen molar-refractivity contribution in [2.45, 2.75) is 38.1 Å². The largest absolute Gasteiger partial charge is 0.481 e. The molecule has 2 atom stereocenters. The second kappa shape index (κ2) is 10.5. The molecular weight excluding hydrogens is 448 g/mol. The summed E-state index contributed by atoms with van der Waals surface area (Å²) < 4.78 is 10.7. The van der Waals surface area contributed by atoms with Gasteiger partial charge in [0.1, 0.15) is 12.6 Å². The maximum Gasteiger partial charge on any atom is 0.407 e. The Balaban J connectivity index is 1.42. The van der Waals surface area contributed by atoms with Gasteiger partial charge in [-0.2, -0.15) is 0 Å². The van der Waals surface area contributed by atoms with Crippen LogP contribution in [-0.4, -0.2) is 67.4 Å². The first-order chi connectivity index (χ1) is 16.8. The van der Waals surface area contributed by atoms with E-state index in [1.807, 2.05) is 36.4 Å². The smallest absolute Gasteiger partial charge is 0.407 e. The molecule has 1 heterocycles. The van der Waals surface area contributed by atoms with Gasteiger partial charge in [-0.05, 0) is 42.0 Å². The molecule has 0 spiro atoms. The van der Waals surface area contributed by atoms with Gasteiger partial charge in [-0.15, -0.1) is 0 Å². The molecule has 8 heteroatoms. The number of carbonyl (C=O) groups is 3. The van der Waals surface area contributed by atoms with E-state index in [0.717, 1.165) is 22.3 Å². The highest BCUT2D eigenvalue weighted by molar-refractivity contribution is 5.87.